The fourth-order valence-corrected chi connectivity index (χ4v) is 1.93. The Hall–Kier alpha value is -2.21. The van der Waals surface area contributed by atoms with Crippen LogP contribution in [0.4, 0.5) is 0 Å². The summed E-state index contributed by atoms with van der Waals surface area (Å²) >= 11 is 0. The lowest BCUT2D eigenvalue weighted by atomic mass is 10.1. The van der Waals surface area contributed by atoms with Crippen LogP contribution in [0.3, 0.4) is 0 Å². The predicted octanol–water partition coefficient (Wildman–Crippen LogP) is 1.74. The van der Waals surface area contributed by atoms with Crippen molar-refractivity contribution < 1.29 is 24.0 Å². The summed E-state index contributed by atoms with van der Waals surface area (Å²) in [4.78, 5) is 39.1. The monoisotopic (exact) mass is 291 g/mol. The molecular formula is C15H17NO5. The predicted molar refractivity (Wildman–Crippen MR) is 73.6 cm³/mol. The molecule has 0 atom stereocenters. The molecule has 0 aromatic heterocycles. The first-order valence-corrected chi connectivity index (χ1v) is 6.86. The fourth-order valence-electron chi connectivity index (χ4n) is 1.93. The highest BCUT2D eigenvalue weighted by Crippen LogP contribution is 2.14. The fraction of sp³-hybridized carbons (Fsp3) is 0.400. The first-order valence-electron chi connectivity index (χ1n) is 6.86. The van der Waals surface area contributed by atoms with Crippen molar-refractivity contribution in [2.24, 2.45) is 0 Å². The molecule has 2 rings (SSSR count). The van der Waals surface area contributed by atoms with Gasteiger partial charge in [-0.25, -0.2) is 0 Å². The number of imide groups is 1. The van der Waals surface area contributed by atoms with E-state index >= 15 is 0 Å². The topological polar surface area (TPSA) is 72.9 Å². The number of amides is 2. The summed E-state index contributed by atoms with van der Waals surface area (Å²) in [5.74, 6) is 0.0473. The molecule has 0 N–H and O–H groups in total. The van der Waals surface area contributed by atoms with Crippen molar-refractivity contribution in [1.29, 1.82) is 0 Å². The molecule has 0 radical (unpaired) electrons. The quantitative estimate of drug-likeness (QED) is 0.434. The Morgan fingerprint density at radius 2 is 1.71 bits per heavy atom. The van der Waals surface area contributed by atoms with Crippen LogP contribution in [0.25, 0.3) is 0 Å². The van der Waals surface area contributed by atoms with E-state index in [1.54, 1.807) is 24.3 Å². The summed E-state index contributed by atoms with van der Waals surface area (Å²) in [5.41, 5.74) is 0.648. The number of carbonyl (C=O) groups excluding carboxylic acids is 3. The first kappa shape index (κ1) is 15.2. The summed E-state index contributed by atoms with van der Waals surface area (Å²) in [5, 5.41) is 0.798. The molecule has 6 heteroatoms. The van der Waals surface area contributed by atoms with E-state index in [9.17, 15) is 14.4 Å². The van der Waals surface area contributed by atoms with E-state index in [0.29, 0.717) is 17.7 Å². The van der Waals surface area contributed by atoms with Gasteiger partial charge in [0.15, 0.2) is 5.78 Å². The molecule has 1 aromatic carbocycles. The maximum atomic E-state index is 11.5. The largest absolute Gasteiger partial charge is 0.491 e. The third-order valence-corrected chi connectivity index (χ3v) is 3.08. The maximum absolute atomic E-state index is 11.5. The highest BCUT2D eigenvalue weighted by Gasteiger charge is 2.29. The zero-order valence-corrected chi connectivity index (χ0v) is 11.8. The third-order valence-electron chi connectivity index (χ3n) is 3.08. The highest BCUT2D eigenvalue weighted by atomic mass is 16.7. The minimum absolute atomic E-state index is 0.0796. The van der Waals surface area contributed by atoms with Crippen molar-refractivity contribution in [3.63, 3.8) is 0 Å². The number of ketones is 1. The number of hydrogen-bond donors (Lipinski definition) is 0. The number of nitrogens with zero attached hydrogens (tertiary/aromatic N) is 1. The van der Waals surface area contributed by atoms with Crippen LogP contribution in [0, 0.1) is 0 Å². The summed E-state index contributed by atoms with van der Waals surface area (Å²) in [6, 6.07) is 6.81. The number of Topliss-reactive ketones (excluding diaryl/α,β-unsaturated/α-hetero) is 1. The van der Waals surface area contributed by atoms with Crippen LogP contribution in [0.15, 0.2) is 24.3 Å². The van der Waals surface area contributed by atoms with Crippen LogP contribution in [0.2, 0.25) is 0 Å². The average molecular weight is 291 g/mol. The van der Waals surface area contributed by atoms with Gasteiger partial charge in [0.05, 0.1) is 0 Å². The standard InChI is InChI=1S/C15H17NO5/c1-2-13(17)11-3-5-12(6-4-11)20-9-10-21-16-14(18)7-8-15(16)19/h3-6H,2,7-10H2,1H3. The molecule has 1 aliphatic rings. The number of rotatable bonds is 7. The van der Waals surface area contributed by atoms with E-state index in [0.717, 1.165) is 5.06 Å². The van der Waals surface area contributed by atoms with Gasteiger partial charge in [-0.05, 0) is 24.3 Å². The van der Waals surface area contributed by atoms with Crippen molar-refractivity contribution in [3.05, 3.63) is 29.8 Å². The number of ether oxygens (including phenoxy) is 1. The van der Waals surface area contributed by atoms with E-state index in [4.69, 9.17) is 9.57 Å². The smallest absolute Gasteiger partial charge is 0.253 e. The highest BCUT2D eigenvalue weighted by molar-refractivity contribution is 6.00. The molecule has 2 amide bonds. The number of carbonyl (C=O) groups is 3. The molecule has 21 heavy (non-hydrogen) atoms. The second-order valence-electron chi connectivity index (χ2n) is 4.56. The molecule has 1 saturated heterocycles. The van der Waals surface area contributed by atoms with Crippen molar-refractivity contribution in [2.45, 2.75) is 26.2 Å². The Balaban J connectivity index is 1.75. The number of benzene rings is 1. The van der Waals surface area contributed by atoms with E-state index in [-0.39, 0.29) is 43.7 Å². The van der Waals surface area contributed by atoms with E-state index in [1.807, 2.05) is 6.92 Å². The van der Waals surface area contributed by atoms with Gasteiger partial charge in [-0.15, -0.1) is 0 Å². The van der Waals surface area contributed by atoms with Gasteiger partial charge in [0.1, 0.15) is 19.0 Å². The Bertz CT molecular complexity index is 521. The normalized spacial score (nSPS) is 14.6. The average Bonchev–Trinajstić information content (AvgIpc) is 2.82. The minimum atomic E-state index is -0.317. The van der Waals surface area contributed by atoms with Crippen molar-refractivity contribution in [1.82, 2.24) is 5.06 Å². The summed E-state index contributed by atoms with van der Waals surface area (Å²) in [7, 11) is 0. The SMILES string of the molecule is CCC(=O)c1ccc(OCCON2C(=O)CCC2=O)cc1. The zero-order chi connectivity index (χ0) is 15.2. The van der Waals surface area contributed by atoms with E-state index in [1.165, 1.54) is 0 Å². The van der Waals surface area contributed by atoms with Crippen LogP contribution < -0.4 is 4.74 Å². The van der Waals surface area contributed by atoms with Crippen LogP contribution >= 0.6 is 0 Å². The molecule has 1 fully saturated rings. The van der Waals surface area contributed by atoms with Crippen molar-refractivity contribution in [3.8, 4) is 5.75 Å². The van der Waals surface area contributed by atoms with Gasteiger partial charge in [0.2, 0.25) is 0 Å². The first-order chi connectivity index (χ1) is 10.1. The lowest BCUT2D eigenvalue weighted by Crippen LogP contribution is -2.30. The van der Waals surface area contributed by atoms with Crippen molar-refractivity contribution >= 4 is 17.6 Å². The van der Waals surface area contributed by atoms with Gasteiger partial charge in [-0.2, -0.15) is 5.06 Å². The van der Waals surface area contributed by atoms with Gasteiger partial charge in [0.25, 0.3) is 11.8 Å². The van der Waals surface area contributed by atoms with Crippen LogP contribution in [0.1, 0.15) is 36.5 Å². The molecule has 0 unspecified atom stereocenters. The summed E-state index contributed by atoms with van der Waals surface area (Å²) in [6.07, 6.45) is 0.866. The lowest BCUT2D eigenvalue weighted by molar-refractivity contribution is -0.189. The Morgan fingerprint density at radius 1 is 1.10 bits per heavy atom. The molecular weight excluding hydrogens is 274 g/mol. The number of hydroxylamine groups is 2. The van der Waals surface area contributed by atoms with E-state index < -0.39 is 0 Å². The molecule has 0 saturated carbocycles. The molecule has 1 aliphatic heterocycles. The summed E-state index contributed by atoms with van der Waals surface area (Å²) < 4.78 is 5.42. The maximum Gasteiger partial charge on any atom is 0.253 e. The molecule has 112 valence electrons. The minimum Gasteiger partial charge on any atom is -0.491 e. The number of hydrogen-bond acceptors (Lipinski definition) is 5. The molecule has 1 heterocycles. The van der Waals surface area contributed by atoms with Gasteiger partial charge >= 0.3 is 0 Å². The Kier molecular flexibility index (Phi) is 5.05. The van der Waals surface area contributed by atoms with Gasteiger partial charge in [-0.1, -0.05) is 6.92 Å². The second-order valence-corrected chi connectivity index (χ2v) is 4.56. The van der Waals surface area contributed by atoms with Gasteiger partial charge < -0.3 is 4.74 Å². The molecule has 0 bridgehead atoms. The summed E-state index contributed by atoms with van der Waals surface area (Å²) in [6.45, 7) is 2.12. The molecule has 6 nitrogen and oxygen atoms in total. The van der Waals surface area contributed by atoms with Crippen molar-refractivity contribution in [2.75, 3.05) is 13.2 Å². The van der Waals surface area contributed by atoms with E-state index in [2.05, 4.69) is 0 Å². The Morgan fingerprint density at radius 3 is 2.29 bits per heavy atom. The zero-order valence-electron chi connectivity index (χ0n) is 11.8. The van der Waals surface area contributed by atoms with Crippen LogP contribution in [0.5, 0.6) is 5.75 Å². The molecule has 0 aliphatic carbocycles. The second kappa shape index (κ2) is 6.99. The van der Waals surface area contributed by atoms with Gasteiger partial charge in [0, 0.05) is 24.8 Å². The third kappa shape index (κ3) is 3.88. The van der Waals surface area contributed by atoms with Gasteiger partial charge in [-0.3, -0.25) is 19.2 Å². The van der Waals surface area contributed by atoms with Crippen LogP contribution in [-0.4, -0.2) is 35.9 Å². The lowest BCUT2D eigenvalue weighted by Gasteiger charge is -2.13. The van der Waals surface area contributed by atoms with Crippen LogP contribution in [-0.2, 0) is 14.4 Å². The Labute approximate surface area is 122 Å². The molecule has 0 spiro atoms. The molecule has 1 aromatic rings.